The van der Waals surface area contributed by atoms with Gasteiger partial charge in [-0.05, 0) is 60.7 Å². The average molecular weight is 530 g/mol. The zero-order valence-corrected chi connectivity index (χ0v) is 21.2. The number of nitrogens with zero attached hydrogens (tertiary/aromatic N) is 4. The normalized spacial score (nSPS) is 14.9. The smallest absolute Gasteiger partial charge is 0.263 e. The number of rotatable bonds is 7. The number of sulfonamides is 1. The fraction of sp³-hybridized carbons (Fsp3) is 0.292. The minimum atomic E-state index is -3.70. The maximum absolute atomic E-state index is 12.8. The molecule has 8 nitrogen and oxygen atoms in total. The van der Waals surface area contributed by atoms with Crippen LogP contribution in [0.15, 0.2) is 66.0 Å². The van der Waals surface area contributed by atoms with Crippen LogP contribution in [0, 0.1) is 0 Å². The van der Waals surface area contributed by atoms with Gasteiger partial charge in [0.1, 0.15) is 6.33 Å². The Hall–Kier alpha value is -2.95. The molecule has 1 aliphatic rings. The molecule has 1 saturated heterocycles. The third-order valence-electron chi connectivity index (χ3n) is 6.39. The Bertz CT molecular complexity index is 1430. The molecule has 11 heteroatoms. The second-order valence-corrected chi connectivity index (χ2v) is 11.4. The Labute approximate surface area is 212 Å². The summed E-state index contributed by atoms with van der Waals surface area (Å²) in [6.45, 7) is 2.03. The standard InChI is InChI=1S/C24H24ClN5O3S2/c25-20-3-6-22-19(15-20)9-11-29(22)14-10-23(31)30-12-7-18(8-13-30)17-1-4-21(5-2-17)35(32,33)28-24-26-16-27-34-24/h1-6,9,11,15-16,18H,7-8,10,12-14H2,(H,26,27,28). The Morgan fingerprint density at radius 2 is 1.89 bits per heavy atom. The van der Waals surface area contributed by atoms with Crippen molar-refractivity contribution < 1.29 is 13.2 Å². The van der Waals surface area contributed by atoms with Crippen molar-refractivity contribution in [2.75, 3.05) is 17.8 Å². The number of anilines is 1. The van der Waals surface area contributed by atoms with E-state index in [2.05, 4.69) is 18.6 Å². The highest BCUT2D eigenvalue weighted by Crippen LogP contribution is 2.29. The van der Waals surface area contributed by atoms with Crippen LogP contribution in [0.1, 0.15) is 30.7 Å². The van der Waals surface area contributed by atoms with E-state index < -0.39 is 10.0 Å². The van der Waals surface area contributed by atoms with E-state index in [0.29, 0.717) is 37.0 Å². The SMILES string of the molecule is O=C(CCn1ccc2cc(Cl)ccc21)N1CCC(c2ccc(S(=O)(=O)Nc3ncns3)cc2)CC1. The molecular formula is C24H24ClN5O3S2. The van der Waals surface area contributed by atoms with E-state index in [4.69, 9.17) is 11.6 Å². The topological polar surface area (TPSA) is 97.2 Å². The zero-order valence-electron chi connectivity index (χ0n) is 18.8. The quantitative estimate of drug-likeness (QED) is 0.373. The molecule has 0 unspecified atom stereocenters. The molecule has 1 amide bonds. The van der Waals surface area contributed by atoms with Crippen molar-refractivity contribution in [2.24, 2.45) is 0 Å². The van der Waals surface area contributed by atoms with Crippen LogP contribution < -0.4 is 4.72 Å². The van der Waals surface area contributed by atoms with E-state index in [1.54, 1.807) is 12.1 Å². The van der Waals surface area contributed by atoms with Crippen molar-refractivity contribution in [1.82, 2.24) is 18.8 Å². The fourth-order valence-corrected chi connectivity index (χ4v) is 6.36. The van der Waals surface area contributed by atoms with Gasteiger partial charge in [0.05, 0.1) is 4.90 Å². The fourth-order valence-electron chi connectivity index (χ4n) is 4.51. The Morgan fingerprint density at radius 1 is 1.11 bits per heavy atom. The molecule has 182 valence electrons. The summed E-state index contributed by atoms with van der Waals surface area (Å²) in [4.78, 5) is 18.8. The van der Waals surface area contributed by atoms with Crippen molar-refractivity contribution in [3.05, 3.63) is 71.6 Å². The predicted octanol–water partition coefficient (Wildman–Crippen LogP) is 4.74. The third-order valence-corrected chi connectivity index (χ3v) is 8.69. The van der Waals surface area contributed by atoms with Gasteiger partial charge < -0.3 is 9.47 Å². The lowest BCUT2D eigenvalue weighted by molar-refractivity contribution is -0.132. The van der Waals surface area contributed by atoms with Gasteiger partial charge in [-0.25, -0.2) is 13.4 Å². The van der Waals surface area contributed by atoms with Gasteiger partial charge in [-0.2, -0.15) is 4.37 Å². The second-order valence-electron chi connectivity index (χ2n) is 8.54. The molecule has 2 aromatic heterocycles. The summed E-state index contributed by atoms with van der Waals surface area (Å²) < 4.78 is 33.4. The monoisotopic (exact) mass is 529 g/mol. The number of benzene rings is 2. The van der Waals surface area contributed by atoms with Crippen LogP contribution in [0.5, 0.6) is 0 Å². The number of piperidine rings is 1. The number of aryl methyl sites for hydroxylation is 1. The molecular weight excluding hydrogens is 506 g/mol. The first-order chi connectivity index (χ1) is 16.9. The van der Waals surface area contributed by atoms with Crippen molar-refractivity contribution in [1.29, 1.82) is 0 Å². The number of hydrogen-bond donors (Lipinski definition) is 1. The number of fused-ring (bicyclic) bond motifs is 1. The van der Waals surface area contributed by atoms with Crippen LogP contribution >= 0.6 is 23.1 Å². The van der Waals surface area contributed by atoms with Gasteiger partial charge in [-0.15, -0.1) is 0 Å². The lowest BCUT2D eigenvalue weighted by Gasteiger charge is -2.32. The molecule has 5 rings (SSSR count). The first-order valence-electron chi connectivity index (χ1n) is 11.3. The summed E-state index contributed by atoms with van der Waals surface area (Å²) in [6.07, 6.45) is 5.46. The summed E-state index contributed by atoms with van der Waals surface area (Å²) >= 11 is 7.05. The second kappa shape index (κ2) is 9.96. The number of amides is 1. The molecule has 0 atom stereocenters. The third kappa shape index (κ3) is 5.34. The van der Waals surface area contributed by atoms with Gasteiger partial charge in [0.15, 0.2) is 0 Å². The minimum Gasteiger partial charge on any atom is -0.347 e. The molecule has 0 radical (unpaired) electrons. The minimum absolute atomic E-state index is 0.156. The highest BCUT2D eigenvalue weighted by molar-refractivity contribution is 7.93. The molecule has 0 spiro atoms. The average Bonchev–Trinajstić information content (AvgIpc) is 3.52. The molecule has 4 aromatic rings. The molecule has 0 bridgehead atoms. The van der Waals surface area contributed by atoms with E-state index >= 15 is 0 Å². The van der Waals surface area contributed by atoms with Crippen LogP contribution in [0.4, 0.5) is 5.13 Å². The zero-order chi connectivity index (χ0) is 24.4. The van der Waals surface area contributed by atoms with Crippen molar-refractivity contribution in [3.63, 3.8) is 0 Å². The summed E-state index contributed by atoms with van der Waals surface area (Å²) in [5.74, 6) is 0.452. The van der Waals surface area contributed by atoms with E-state index in [0.717, 1.165) is 40.8 Å². The van der Waals surface area contributed by atoms with Gasteiger partial charge in [-0.3, -0.25) is 9.52 Å². The van der Waals surface area contributed by atoms with Crippen LogP contribution in [0.25, 0.3) is 10.9 Å². The summed E-state index contributed by atoms with van der Waals surface area (Å²) in [7, 11) is -3.70. The molecule has 0 aliphatic carbocycles. The summed E-state index contributed by atoms with van der Waals surface area (Å²) in [6, 6.07) is 14.7. The van der Waals surface area contributed by atoms with Crippen LogP contribution in [-0.4, -0.2) is 46.2 Å². The highest BCUT2D eigenvalue weighted by Gasteiger charge is 2.24. The van der Waals surface area contributed by atoms with Crippen LogP contribution in [-0.2, 0) is 21.4 Å². The van der Waals surface area contributed by atoms with E-state index in [-0.39, 0.29) is 15.9 Å². The van der Waals surface area contributed by atoms with Gasteiger partial charge >= 0.3 is 0 Å². The van der Waals surface area contributed by atoms with Crippen LogP contribution in [0.2, 0.25) is 5.02 Å². The van der Waals surface area contributed by atoms with Gasteiger partial charge in [-0.1, -0.05) is 23.7 Å². The summed E-state index contributed by atoms with van der Waals surface area (Å²) in [5, 5.41) is 2.01. The maximum atomic E-state index is 12.8. The Kier molecular flexibility index (Phi) is 6.77. The molecule has 1 N–H and O–H groups in total. The summed E-state index contributed by atoms with van der Waals surface area (Å²) in [5.41, 5.74) is 2.16. The number of carbonyl (C=O) groups is 1. The van der Waals surface area contributed by atoms with Gasteiger partial charge in [0.25, 0.3) is 10.0 Å². The lowest BCUT2D eigenvalue weighted by atomic mass is 9.89. The molecule has 3 heterocycles. The molecule has 0 saturated carbocycles. The molecule has 1 aliphatic heterocycles. The van der Waals surface area contributed by atoms with E-state index in [1.807, 2.05) is 47.5 Å². The van der Waals surface area contributed by atoms with Gasteiger partial charge in [0, 0.05) is 59.7 Å². The lowest BCUT2D eigenvalue weighted by Crippen LogP contribution is -2.38. The van der Waals surface area contributed by atoms with Crippen molar-refractivity contribution in [3.8, 4) is 0 Å². The molecule has 35 heavy (non-hydrogen) atoms. The van der Waals surface area contributed by atoms with E-state index in [1.165, 1.54) is 6.33 Å². The largest absolute Gasteiger partial charge is 0.347 e. The number of halogens is 1. The first kappa shape index (κ1) is 23.8. The first-order valence-corrected chi connectivity index (χ1v) is 13.9. The number of carbonyl (C=O) groups excluding carboxylic acids is 1. The Balaban J connectivity index is 1.14. The number of nitrogens with one attached hydrogen (secondary N) is 1. The number of likely N-dealkylation sites (tertiary alicyclic amines) is 1. The van der Waals surface area contributed by atoms with E-state index in [9.17, 15) is 13.2 Å². The van der Waals surface area contributed by atoms with Gasteiger partial charge in [0.2, 0.25) is 11.0 Å². The predicted molar refractivity (Wildman–Crippen MR) is 137 cm³/mol. The molecule has 2 aromatic carbocycles. The Morgan fingerprint density at radius 3 is 2.60 bits per heavy atom. The van der Waals surface area contributed by atoms with Crippen molar-refractivity contribution in [2.45, 2.75) is 36.6 Å². The van der Waals surface area contributed by atoms with Crippen LogP contribution in [0.3, 0.4) is 0 Å². The highest BCUT2D eigenvalue weighted by atomic mass is 35.5. The maximum Gasteiger partial charge on any atom is 0.263 e. The number of hydrogen-bond acceptors (Lipinski definition) is 6. The molecule has 1 fully saturated rings. The number of aromatic nitrogens is 3. The van der Waals surface area contributed by atoms with Crippen molar-refractivity contribution >= 4 is 55.1 Å².